The van der Waals surface area contributed by atoms with E-state index in [1.165, 1.54) is 13.4 Å². The second kappa shape index (κ2) is 5.25. The van der Waals surface area contributed by atoms with Gasteiger partial charge in [-0.25, -0.2) is 4.98 Å². The highest BCUT2D eigenvalue weighted by molar-refractivity contribution is 5.84. The molecule has 0 atom stereocenters. The minimum Gasteiger partial charge on any atom is -0.496 e. The molecule has 2 heterocycles. The second-order valence-corrected chi connectivity index (χ2v) is 5.25. The van der Waals surface area contributed by atoms with Crippen LogP contribution in [-0.4, -0.2) is 47.2 Å². The summed E-state index contributed by atoms with van der Waals surface area (Å²) < 4.78 is 42.4. The predicted octanol–water partition coefficient (Wildman–Crippen LogP) is 1.42. The number of likely N-dealkylation sites (tertiary alicyclic amines) is 1. The molecule has 0 unspecified atom stereocenters. The van der Waals surface area contributed by atoms with Crippen molar-refractivity contribution in [2.75, 3.05) is 20.2 Å². The van der Waals surface area contributed by atoms with Crippen molar-refractivity contribution < 1.29 is 22.7 Å². The summed E-state index contributed by atoms with van der Waals surface area (Å²) in [5.41, 5.74) is 0.670. The molecule has 1 aliphatic rings. The summed E-state index contributed by atoms with van der Waals surface area (Å²) in [6.07, 6.45) is -3.61. The van der Waals surface area contributed by atoms with E-state index in [4.69, 9.17) is 4.74 Å². The first-order valence-electron chi connectivity index (χ1n) is 6.72. The van der Waals surface area contributed by atoms with Gasteiger partial charge in [-0.2, -0.15) is 13.2 Å². The highest BCUT2D eigenvalue weighted by Crippen LogP contribution is 2.36. The van der Waals surface area contributed by atoms with Gasteiger partial charge in [-0.3, -0.25) is 9.59 Å². The molecule has 0 saturated carbocycles. The maximum absolute atomic E-state index is 12.4. The molecule has 1 saturated heterocycles. The third-order valence-electron chi connectivity index (χ3n) is 3.84. The molecule has 0 aliphatic carbocycles. The summed E-state index contributed by atoms with van der Waals surface area (Å²) in [6.45, 7) is -0.142. The molecule has 0 bridgehead atoms. The number of halogens is 3. The van der Waals surface area contributed by atoms with Gasteiger partial charge in [-0.15, -0.1) is 0 Å². The van der Waals surface area contributed by atoms with Crippen LogP contribution in [0, 0.1) is 0 Å². The molecule has 1 aliphatic heterocycles. The van der Waals surface area contributed by atoms with Crippen LogP contribution >= 0.6 is 0 Å². The largest absolute Gasteiger partial charge is 0.496 e. The Labute approximate surface area is 127 Å². The van der Waals surface area contributed by atoms with E-state index >= 15 is 0 Å². The number of ether oxygens (including phenoxy) is 1. The molecule has 1 aromatic heterocycles. The Morgan fingerprint density at radius 1 is 1.39 bits per heavy atom. The van der Waals surface area contributed by atoms with Gasteiger partial charge in [0.25, 0.3) is 5.56 Å². The number of H-pyrrole nitrogens is 1. The van der Waals surface area contributed by atoms with E-state index in [2.05, 4.69) is 9.97 Å². The summed E-state index contributed by atoms with van der Waals surface area (Å²) >= 11 is 0. The Morgan fingerprint density at radius 2 is 2.09 bits per heavy atom. The summed E-state index contributed by atoms with van der Waals surface area (Å²) in [7, 11) is 1.43. The fourth-order valence-corrected chi connectivity index (χ4v) is 2.63. The summed E-state index contributed by atoms with van der Waals surface area (Å²) in [5.74, 6) is -1.74. The Morgan fingerprint density at radius 3 is 2.70 bits per heavy atom. The van der Waals surface area contributed by atoms with Crippen LogP contribution in [0.3, 0.4) is 0 Å². The number of aromatic amines is 1. The van der Waals surface area contributed by atoms with Crippen LogP contribution in [-0.2, 0) is 4.79 Å². The number of carbonyl (C=O) groups is 1. The number of nitrogens with one attached hydrogen (secondary N) is 1. The van der Waals surface area contributed by atoms with Gasteiger partial charge in [0.1, 0.15) is 5.75 Å². The van der Waals surface area contributed by atoms with Crippen molar-refractivity contribution in [3.8, 4) is 5.75 Å². The average Bonchev–Trinajstić information content (AvgIpc) is 2.44. The van der Waals surface area contributed by atoms with Crippen LogP contribution in [0.1, 0.15) is 11.5 Å². The van der Waals surface area contributed by atoms with Crippen molar-refractivity contribution in [1.29, 1.82) is 0 Å². The molecule has 2 aromatic rings. The maximum Gasteiger partial charge on any atom is 0.471 e. The van der Waals surface area contributed by atoms with Crippen LogP contribution in [0.2, 0.25) is 0 Å². The smallest absolute Gasteiger partial charge is 0.471 e. The second-order valence-electron chi connectivity index (χ2n) is 5.25. The minimum absolute atomic E-state index is 0.0711. The van der Waals surface area contributed by atoms with Crippen LogP contribution in [0.5, 0.6) is 5.75 Å². The van der Waals surface area contributed by atoms with E-state index in [-0.39, 0.29) is 24.6 Å². The Balaban J connectivity index is 1.91. The molecule has 9 heteroatoms. The van der Waals surface area contributed by atoms with Crippen molar-refractivity contribution in [3.05, 3.63) is 34.4 Å². The van der Waals surface area contributed by atoms with E-state index in [0.29, 0.717) is 22.2 Å². The highest BCUT2D eigenvalue weighted by atomic mass is 19.4. The first-order valence-corrected chi connectivity index (χ1v) is 6.72. The summed E-state index contributed by atoms with van der Waals surface area (Å²) in [5, 5.41) is 0.323. The molecule has 1 fully saturated rings. The fraction of sp³-hybridized carbons (Fsp3) is 0.357. The van der Waals surface area contributed by atoms with E-state index in [1.54, 1.807) is 12.1 Å². The van der Waals surface area contributed by atoms with Gasteiger partial charge in [-0.1, -0.05) is 0 Å². The van der Waals surface area contributed by atoms with E-state index in [0.717, 1.165) is 4.90 Å². The zero-order valence-electron chi connectivity index (χ0n) is 12.0. The summed E-state index contributed by atoms with van der Waals surface area (Å²) in [6, 6.07) is 3.12. The van der Waals surface area contributed by atoms with Gasteiger partial charge in [0.2, 0.25) is 0 Å². The number of fused-ring (bicyclic) bond motifs is 1. The predicted molar refractivity (Wildman–Crippen MR) is 74.3 cm³/mol. The number of hydrogen-bond acceptors (Lipinski definition) is 4. The SMILES string of the molecule is COc1cc2nc[nH]c(=O)c2cc1C1CN(C(=O)C(F)(F)F)C1. The zero-order valence-corrected chi connectivity index (χ0v) is 12.0. The maximum atomic E-state index is 12.4. The molecule has 122 valence electrons. The van der Waals surface area contributed by atoms with Crippen molar-refractivity contribution in [2.45, 2.75) is 12.1 Å². The number of alkyl halides is 3. The Bertz CT molecular complexity index is 825. The lowest BCUT2D eigenvalue weighted by atomic mass is 9.89. The van der Waals surface area contributed by atoms with Gasteiger partial charge in [0, 0.05) is 30.6 Å². The van der Waals surface area contributed by atoms with Crippen molar-refractivity contribution in [2.24, 2.45) is 0 Å². The van der Waals surface area contributed by atoms with Crippen LogP contribution < -0.4 is 10.3 Å². The first kappa shape index (κ1) is 15.3. The lowest BCUT2D eigenvalue weighted by molar-refractivity contribution is -0.189. The van der Waals surface area contributed by atoms with Crippen LogP contribution in [0.15, 0.2) is 23.3 Å². The van der Waals surface area contributed by atoms with Gasteiger partial charge in [0.05, 0.1) is 24.3 Å². The number of carbonyl (C=O) groups excluding carboxylic acids is 1. The standard InChI is InChI=1S/C14H12F3N3O3/c1-23-11-3-10-9(12(21)19-6-18-10)2-8(11)7-4-20(5-7)13(22)14(15,16)17/h2-3,6-7H,4-5H2,1H3,(H,18,19,21). The molecule has 6 nitrogen and oxygen atoms in total. The molecular formula is C14H12F3N3O3. The monoisotopic (exact) mass is 327 g/mol. The third kappa shape index (κ3) is 2.62. The van der Waals surface area contributed by atoms with Gasteiger partial charge < -0.3 is 14.6 Å². The number of aromatic nitrogens is 2. The molecule has 1 N–H and O–H groups in total. The number of rotatable bonds is 2. The van der Waals surface area contributed by atoms with E-state index in [9.17, 15) is 22.8 Å². The van der Waals surface area contributed by atoms with Crippen molar-refractivity contribution in [3.63, 3.8) is 0 Å². The number of amides is 1. The Hall–Kier alpha value is -2.58. The third-order valence-corrected chi connectivity index (χ3v) is 3.84. The molecule has 3 rings (SSSR count). The van der Waals surface area contributed by atoms with E-state index < -0.39 is 12.1 Å². The number of methoxy groups -OCH3 is 1. The number of benzene rings is 1. The van der Waals surface area contributed by atoms with Crippen LogP contribution in [0.25, 0.3) is 10.9 Å². The Kier molecular flexibility index (Phi) is 3.50. The van der Waals surface area contributed by atoms with Crippen molar-refractivity contribution >= 4 is 16.8 Å². The molecule has 1 aromatic carbocycles. The molecule has 1 amide bonds. The quantitative estimate of drug-likeness (QED) is 0.905. The van der Waals surface area contributed by atoms with Gasteiger partial charge >= 0.3 is 12.1 Å². The number of nitrogens with zero attached hydrogens (tertiary/aromatic N) is 2. The zero-order chi connectivity index (χ0) is 16.8. The molecule has 0 spiro atoms. The average molecular weight is 327 g/mol. The lowest BCUT2D eigenvalue weighted by Crippen LogP contribution is -2.53. The molecule has 23 heavy (non-hydrogen) atoms. The van der Waals surface area contributed by atoms with Gasteiger partial charge in [0.15, 0.2) is 0 Å². The van der Waals surface area contributed by atoms with E-state index in [1.807, 2.05) is 0 Å². The van der Waals surface area contributed by atoms with Crippen molar-refractivity contribution in [1.82, 2.24) is 14.9 Å². The minimum atomic E-state index is -4.88. The molecule has 0 radical (unpaired) electrons. The lowest BCUT2D eigenvalue weighted by Gasteiger charge is -2.40. The van der Waals surface area contributed by atoms with Crippen LogP contribution in [0.4, 0.5) is 13.2 Å². The van der Waals surface area contributed by atoms with Gasteiger partial charge in [-0.05, 0) is 6.07 Å². The molecular weight excluding hydrogens is 315 g/mol. The first-order chi connectivity index (χ1) is 10.8. The fourth-order valence-electron chi connectivity index (χ4n) is 2.63. The normalized spacial score (nSPS) is 15.6. The summed E-state index contributed by atoms with van der Waals surface area (Å²) in [4.78, 5) is 30.1. The highest BCUT2D eigenvalue weighted by Gasteiger charge is 2.47. The topological polar surface area (TPSA) is 75.3 Å². The number of hydrogen-bond donors (Lipinski definition) is 1.